The van der Waals surface area contributed by atoms with E-state index in [0.29, 0.717) is 72.3 Å². The highest BCUT2D eigenvalue weighted by Gasteiger charge is 2.41. The molecule has 0 bridgehead atoms. The van der Waals surface area contributed by atoms with E-state index in [1.807, 2.05) is 47.7 Å². The van der Waals surface area contributed by atoms with E-state index >= 15 is 0 Å². The molecule has 12 heteroatoms. The van der Waals surface area contributed by atoms with Crippen molar-refractivity contribution in [3.8, 4) is 0 Å². The van der Waals surface area contributed by atoms with Gasteiger partial charge in [0.1, 0.15) is 0 Å². The molecular weight excluding hydrogens is 655 g/mol. The van der Waals surface area contributed by atoms with Gasteiger partial charge in [-0.1, -0.05) is 41.4 Å². The number of aromatic nitrogens is 1. The average Bonchev–Trinajstić information content (AvgIpc) is 3.80. The predicted molar refractivity (Wildman–Crippen MR) is 186 cm³/mol. The van der Waals surface area contributed by atoms with Crippen LogP contribution < -0.4 is 5.32 Å². The van der Waals surface area contributed by atoms with E-state index in [-0.39, 0.29) is 48.4 Å². The second-order valence-electron chi connectivity index (χ2n) is 13.3. The zero-order valence-corrected chi connectivity index (χ0v) is 29.0. The number of carboxylic acids is 1. The van der Waals surface area contributed by atoms with Gasteiger partial charge in [-0.05, 0) is 69.2 Å². The van der Waals surface area contributed by atoms with Gasteiger partial charge in [-0.15, -0.1) is 0 Å². The van der Waals surface area contributed by atoms with E-state index in [1.165, 1.54) is 0 Å². The van der Waals surface area contributed by atoms with E-state index < -0.39 is 5.97 Å². The number of carbonyl (C=O) groups is 3. The number of halogens is 2. The minimum absolute atomic E-state index is 0.00407. The molecule has 3 atom stereocenters. The van der Waals surface area contributed by atoms with Gasteiger partial charge in [0, 0.05) is 61.5 Å². The number of amides is 2. The van der Waals surface area contributed by atoms with Gasteiger partial charge >= 0.3 is 5.97 Å². The van der Waals surface area contributed by atoms with Crippen molar-refractivity contribution in [2.75, 3.05) is 38.2 Å². The number of hydrogen-bond acceptors (Lipinski definition) is 6. The number of aryl methyl sites for hydroxylation is 1. The molecule has 10 nitrogen and oxygen atoms in total. The van der Waals surface area contributed by atoms with Crippen molar-refractivity contribution in [2.24, 2.45) is 13.0 Å². The van der Waals surface area contributed by atoms with Crippen molar-refractivity contribution >= 4 is 57.6 Å². The molecule has 2 saturated heterocycles. The molecule has 3 fully saturated rings. The first kappa shape index (κ1) is 34.7. The Bertz CT molecular complexity index is 1650. The zero-order chi connectivity index (χ0) is 33.9. The lowest BCUT2D eigenvalue weighted by Crippen LogP contribution is -2.41. The first-order chi connectivity index (χ1) is 23.1. The fourth-order valence-electron chi connectivity index (χ4n) is 7.60. The van der Waals surface area contributed by atoms with Crippen LogP contribution in [-0.4, -0.2) is 94.4 Å². The molecule has 6 rings (SSSR count). The molecule has 48 heavy (non-hydrogen) atoms. The number of likely N-dealkylation sites (tertiary alicyclic amines) is 2. The fourth-order valence-corrected chi connectivity index (χ4v) is 8.06. The number of anilines is 1. The highest BCUT2D eigenvalue weighted by Crippen LogP contribution is 2.34. The normalized spacial score (nSPS) is 24.8. The summed E-state index contributed by atoms with van der Waals surface area (Å²) in [6.45, 7) is 5.46. The number of aliphatic carboxylic acids is 1. The van der Waals surface area contributed by atoms with Gasteiger partial charge in [-0.3, -0.25) is 19.3 Å². The van der Waals surface area contributed by atoms with E-state index in [2.05, 4.69) is 10.2 Å². The Hall–Kier alpha value is -3.15. The van der Waals surface area contributed by atoms with Crippen molar-refractivity contribution < 1.29 is 29.0 Å². The molecule has 1 aromatic heterocycles. The Balaban J connectivity index is 1.13. The highest BCUT2D eigenvalue weighted by molar-refractivity contribution is 6.36. The maximum atomic E-state index is 13.9. The second kappa shape index (κ2) is 15.2. The number of para-hydroxylation sites is 1. The highest BCUT2D eigenvalue weighted by atomic mass is 35.5. The van der Waals surface area contributed by atoms with E-state index in [1.54, 1.807) is 18.3 Å². The third-order valence-corrected chi connectivity index (χ3v) is 10.9. The van der Waals surface area contributed by atoms with Crippen LogP contribution in [0.5, 0.6) is 0 Å². The maximum absolute atomic E-state index is 13.9. The number of carbonyl (C=O) groups excluding carboxylic acids is 2. The van der Waals surface area contributed by atoms with Gasteiger partial charge in [0.2, 0.25) is 5.91 Å². The molecular formula is C36H44Cl2N4O6. The van der Waals surface area contributed by atoms with Crippen LogP contribution in [0.1, 0.15) is 61.4 Å². The summed E-state index contributed by atoms with van der Waals surface area (Å²) < 4.78 is 14.1. The van der Waals surface area contributed by atoms with Gasteiger partial charge in [0.05, 0.1) is 53.5 Å². The molecule has 2 N–H and O–H groups in total. The summed E-state index contributed by atoms with van der Waals surface area (Å²) in [4.78, 5) is 43.0. The molecule has 258 valence electrons. The smallest absolute Gasteiger partial charge is 0.306 e. The Morgan fingerprint density at radius 2 is 1.75 bits per heavy atom. The summed E-state index contributed by atoms with van der Waals surface area (Å²) >= 11 is 13.4. The summed E-state index contributed by atoms with van der Waals surface area (Å²) in [6.07, 6.45) is 6.46. The monoisotopic (exact) mass is 698 g/mol. The average molecular weight is 700 g/mol. The third-order valence-electron chi connectivity index (χ3n) is 10.2. The minimum atomic E-state index is -0.737. The third kappa shape index (κ3) is 7.68. The lowest BCUT2D eigenvalue weighted by atomic mass is 9.87. The number of nitrogens with one attached hydrogen (secondary N) is 1. The Kier molecular flexibility index (Phi) is 11.0. The van der Waals surface area contributed by atoms with E-state index in [9.17, 15) is 19.5 Å². The van der Waals surface area contributed by atoms with Crippen LogP contribution in [0.25, 0.3) is 10.9 Å². The van der Waals surface area contributed by atoms with Crippen molar-refractivity contribution in [2.45, 2.75) is 76.2 Å². The van der Waals surface area contributed by atoms with Crippen molar-refractivity contribution in [3.05, 3.63) is 63.8 Å². The lowest BCUT2D eigenvalue weighted by Gasteiger charge is -2.30. The van der Waals surface area contributed by atoms with Crippen molar-refractivity contribution in [1.82, 2.24) is 14.4 Å². The SMILES string of the molecule is CCO[C@H]1CCN([C@H]2C[C@@H](CO[C@H]3CC[C@H](C(=O)O)CC3)N(C(=O)Cc3cc(Cl)c(NC(=O)c4cn(C)c5ccccc45)cc3Cl)C2)C1. The standard InChI is InChI=1S/C36H44Cl2N4O6/c1-3-47-27-12-13-41(19-27)24-16-25(21-48-26-10-8-22(9-11-26)36(45)46)42(18-24)34(43)15-23-14-31(38)32(17-30(23)37)39-35(44)29-20-40(2)33-7-5-4-6-28(29)33/h4-7,14,17,20,22,24-27H,3,8-13,15-16,18-19,21H2,1-2H3,(H,39,44)(H,45,46)/t22-,24-,25-,26-,27-/m0/s1. The first-order valence-corrected chi connectivity index (χ1v) is 17.7. The Morgan fingerprint density at radius 1 is 0.979 bits per heavy atom. The summed E-state index contributed by atoms with van der Waals surface area (Å²) in [7, 11) is 1.89. The van der Waals surface area contributed by atoms with Crippen LogP contribution in [0.2, 0.25) is 10.0 Å². The van der Waals surface area contributed by atoms with Gasteiger partial charge in [-0.25, -0.2) is 0 Å². The minimum Gasteiger partial charge on any atom is -0.481 e. The van der Waals surface area contributed by atoms with Crippen molar-refractivity contribution in [1.29, 1.82) is 0 Å². The molecule has 3 heterocycles. The van der Waals surface area contributed by atoms with Crippen molar-refractivity contribution in [3.63, 3.8) is 0 Å². The van der Waals surface area contributed by atoms with Crippen LogP contribution in [0.3, 0.4) is 0 Å². The number of fused-ring (bicyclic) bond motifs is 1. The molecule has 2 aromatic carbocycles. The molecule has 2 amide bonds. The summed E-state index contributed by atoms with van der Waals surface area (Å²) in [5.74, 6) is -1.41. The second-order valence-corrected chi connectivity index (χ2v) is 14.1. The van der Waals surface area contributed by atoms with Crippen LogP contribution in [0, 0.1) is 5.92 Å². The summed E-state index contributed by atoms with van der Waals surface area (Å²) in [5.41, 5.74) is 2.43. The molecule has 0 unspecified atom stereocenters. The number of rotatable bonds is 11. The molecule has 0 spiro atoms. The van der Waals surface area contributed by atoms with Crippen LogP contribution in [-0.2, 0) is 32.5 Å². The van der Waals surface area contributed by atoms with Gasteiger partial charge in [-0.2, -0.15) is 0 Å². The fraction of sp³-hybridized carbons (Fsp3) is 0.528. The van der Waals surface area contributed by atoms with Gasteiger partial charge < -0.3 is 29.4 Å². The number of benzene rings is 2. The molecule has 0 radical (unpaired) electrons. The quantitative estimate of drug-likeness (QED) is 0.252. The first-order valence-electron chi connectivity index (χ1n) is 16.9. The molecule has 1 saturated carbocycles. The molecule has 3 aliphatic rings. The summed E-state index contributed by atoms with van der Waals surface area (Å²) in [5, 5.41) is 13.7. The number of nitrogens with zero attached hydrogens (tertiary/aromatic N) is 3. The van der Waals surface area contributed by atoms with Crippen LogP contribution >= 0.6 is 23.2 Å². The van der Waals surface area contributed by atoms with Gasteiger partial charge in [0.25, 0.3) is 5.91 Å². The van der Waals surface area contributed by atoms with E-state index in [0.717, 1.165) is 36.8 Å². The van der Waals surface area contributed by atoms with Crippen LogP contribution in [0.15, 0.2) is 42.6 Å². The largest absolute Gasteiger partial charge is 0.481 e. The maximum Gasteiger partial charge on any atom is 0.306 e. The molecule has 1 aliphatic carbocycles. The predicted octanol–water partition coefficient (Wildman–Crippen LogP) is 6.02. The number of hydrogen-bond donors (Lipinski definition) is 2. The lowest BCUT2D eigenvalue weighted by molar-refractivity contribution is -0.144. The number of ether oxygens (including phenoxy) is 2. The Morgan fingerprint density at radius 3 is 2.50 bits per heavy atom. The molecule has 2 aliphatic heterocycles. The zero-order valence-electron chi connectivity index (χ0n) is 27.5. The Labute approximate surface area is 291 Å². The molecule has 3 aromatic rings. The summed E-state index contributed by atoms with van der Waals surface area (Å²) in [6, 6.07) is 11.0. The van der Waals surface area contributed by atoms with E-state index in [4.69, 9.17) is 32.7 Å². The van der Waals surface area contributed by atoms with Gasteiger partial charge in [0.15, 0.2) is 0 Å². The number of carboxylic acid groups (broad SMARTS) is 1. The topological polar surface area (TPSA) is 113 Å². The van der Waals surface area contributed by atoms with Crippen LogP contribution in [0.4, 0.5) is 5.69 Å².